The largest absolute Gasteiger partial charge is 0.508 e. The number of rotatable bonds is 8. The molecular formula is C16H23N3O6. The highest BCUT2D eigenvalue weighted by Crippen LogP contribution is 2.11. The fraction of sp³-hybridized carbons (Fsp3) is 0.438. The molecule has 9 nitrogen and oxygen atoms in total. The zero-order chi connectivity index (χ0) is 19.1. The molecule has 0 radical (unpaired) electrons. The number of aliphatic hydroxyl groups is 1. The smallest absolute Gasteiger partial charge is 0.328 e. The molecule has 4 unspecified atom stereocenters. The first-order chi connectivity index (χ1) is 11.6. The summed E-state index contributed by atoms with van der Waals surface area (Å²) in [5, 5.41) is 32.0. The van der Waals surface area contributed by atoms with E-state index >= 15 is 0 Å². The van der Waals surface area contributed by atoms with Crippen molar-refractivity contribution in [3.63, 3.8) is 0 Å². The molecule has 0 fully saturated rings. The number of carboxylic acid groups (broad SMARTS) is 1. The monoisotopic (exact) mass is 353 g/mol. The van der Waals surface area contributed by atoms with E-state index in [1.165, 1.54) is 26.0 Å². The normalized spacial score (nSPS) is 15.5. The van der Waals surface area contributed by atoms with E-state index in [-0.39, 0.29) is 12.2 Å². The van der Waals surface area contributed by atoms with Crippen LogP contribution in [0.4, 0.5) is 0 Å². The van der Waals surface area contributed by atoms with Crippen molar-refractivity contribution in [2.75, 3.05) is 0 Å². The summed E-state index contributed by atoms with van der Waals surface area (Å²) in [7, 11) is 0. The van der Waals surface area contributed by atoms with Crippen molar-refractivity contribution in [1.29, 1.82) is 0 Å². The maximum absolute atomic E-state index is 12.1. The van der Waals surface area contributed by atoms with E-state index in [1.54, 1.807) is 12.1 Å². The molecule has 1 aromatic carbocycles. The maximum Gasteiger partial charge on any atom is 0.328 e. The number of hydrogen-bond acceptors (Lipinski definition) is 6. The van der Waals surface area contributed by atoms with Crippen molar-refractivity contribution in [1.82, 2.24) is 10.6 Å². The average Bonchev–Trinajstić information content (AvgIpc) is 2.53. The first-order valence-corrected chi connectivity index (χ1v) is 7.67. The van der Waals surface area contributed by atoms with Gasteiger partial charge in [0.1, 0.15) is 11.8 Å². The highest BCUT2D eigenvalue weighted by Gasteiger charge is 2.28. The summed E-state index contributed by atoms with van der Waals surface area (Å²) in [4.78, 5) is 35.0. The Labute approximate surface area is 144 Å². The average molecular weight is 353 g/mol. The number of hydrogen-bond donors (Lipinski definition) is 6. The molecule has 138 valence electrons. The van der Waals surface area contributed by atoms with Crippen molar-refractivity contribution in [3.05, 3.63) is 29.8 Å². The highest BCUT2D eigenvalue weighted by molar-refractivity contribution is 5.91. The van der Waals surface area contributed by atoms with Gasteiger partial charge >= 0.3 is 5.97 Å². The van der Waals surface area contributed by atoms with E-state index in [0.29, 0.717) is 0 Å². The van der Waals surface area contributed by atoms with Gasteiger partial charge in [-0.1, -0.05) is 12.1 Å². The fourth-order valence-corrected chi connectivity index (χ4v) is 2.03. The third kappa shape index (κ3) is 6.40. The predicted molar refractivity (Wildman–Crippen MR) is 88.6 cm³/mol. The van der Waals surface area contributed by atoms with Gasteiger partial charge in [-0.25, -0.2) is 4.79 Å². The minimum absolute atomic E-state index is 0.0955. The zero-order valence-corrected chi connectivity index (χ0v) is 14.0. The van der Waals surface area contributed by atoms with Crippen molar-refractivity contribution in [2.24, 2.45) is 5.73 Å². The molecule has 0 aliphatic rings. The van der Waals surface area contributed by atoms with Crippen LogP contribution in [-0.4, -0.2) is 57.3 Å². The Morgan fingerprint density at radius 2 is 1.64 bits per heavy atom. The molecule has 1 aromatic rings. The summed E-state index contributed by atoms with van der Waals surface area (Å²) in [6.45, 7) is 2.61. The van der Waals surface area contributed by atoms with Gasteiger partial charge in [-0.05, 0) is 38.0 Å². The van der Waals surface area contributed by atoms with Crippen LogP contribution >= 0.6 is 0 Å². The van der Waals surface area contributed by atoms with Crippen molar-refractivity contribution < 1.29 is 29.7 Å². The second-order valence-electron chi connectivity index (χ2n) is 5.77. The maximum atomic E-state index is 12.1. The third-order valence-corrected chi connectivity index (χ3v) is 3.53. The van der Waals surface area contributed by atoms with Crippen molar-refractivity contribution in [2.45, 2.75) is 44.5 Å². The van der Waals surface area contributed by atoms with Crippen LogP contribution < -0.4 is 16.4 Å². The molecule has 25 heavy (non-hydrogen) atoms. The number of aliphatic carboxylic acids is 1. The van der Waals surface area contributed by atoms with Crippen LogP contribution in [0.25, 0.3) is 0 Å². The predicted octanol–water partition coefficient (Wildman–Crippen LogP) is -1.28. The first kappa shape index (κ1) is 20.4. The van der Waals surface area contributed by atoms with Gasteiger partial charge in [-0.2, -0.15) is 0 Å². The lowest BCUT2D eigenvalue weighted by atomic mass is 10.1. The number of benzene rings is 1. The molecule has 0 spiro atoms. The van der Waals surface area contributed by atoms with Gasteiger partial charge in [0.15, 0.2) is 6.04 Å². The van der Waals surface area contributed by atoms with E-state index in [9.17, 15) is 24.6 Å². The van der Waals surface area contributed by atoms with Crippen molar-refractivity contribution in [3.8, 4) is 5.75 Å². The number of nitrogens with two attached hydrogens (primary N) is 1. The van der Waals surface area contributed by atoms with Crippen LogP contribution in [0, 0.1) is 0 Å². The third-order valence-electron chi connectivity index (χ3n) is 3.53. The van der Waals surface area contributed by atoms with Gasteiger partial charge in [0.2, 0.25) is 11.8 Å². The fourth-order valence-electron chi connectivity index (χ4n) is 2.03. The number of nitrogens with one attached hydrogen (secondary N) is 2. The Morgan fingerprint density at radius 1 is 1.08 bits per heavy atom. The zero-order valence-electron chi connectivity index (χ0n) is 14.0. The van der Waals surface area contributed by atoms with E-state index in [0.717, 1.165) is 5.56 Å². The molecule has 2 amide bonds. The number of aromatic hydroxyl groups is 1. The molecule has 7 N–H and O–H groups in total. The van der Waals surface area contributed by atoms with Crippen LogP contribution in [0.1, 0.15) is 19.4 Å². The minimum atomic E-state index is -1.47. The summed E-state index contributed by atoms with van der Waals surface area (Å²) in [5.41, 5.74) is 6.53. The number of carbonyl (C=O) groups is 3. The lowest BCUT2D eigenvalue weighted by molar-refractivity contribution is -0.145. The molecule has 0 saturated carbocycles. The SMILES string of the molecule is CC(NC(=O)C(N)Cc1ccc(O)cc1)C(=O)NC(C(=O)O)C(C)O. The number of phenols is 1. The first-order valence-electron chi connectivity index (χ1n) is 7.67. The summed E-state index contributed by atoms with van der Waals surface area (Å²) in [6, 6.07) is 2.76. The van der Waals surface area contributed by atoms with E-state index in [4.69, 9.17) is 10.8 Å². The molecule has 1 rings (SSSR count). The number of aliphatic hydroxyl groups excluding tert-OH is 1. The van der Waals surface area contributed by atoms with Gasteiger partial charge in [0.05, 0.1) is 12.1 Å². The van der Waals surface area contributed by atoms with E-state index in [1.807, 2.05) is 0 Å². The van der Waals surface area contributed by atoms with Crippen LogP contribution in [0.3, 0.4) is 0 Å². The second kappa shape index (κ2) is 9.00. The van der Waals surface area contributed by atoms with Crippen molar-refractivity contribution >= 4 is 17.8 Å². The molecule has 0 aliphatic heterocycles. The summed E-state index contributed by atoms with van der Waals surface area (Å²) in [5.74, 6) is -2.62. The minimum Gasteiger partial charge on any atom is -0.508 e. The number of carboxylic acids is 1. The lowest BCUT2D eigenvalue weighted by Gasteiger charge is -2.21. The molecule has 0 aromatic heterocycles. The Morgan fingerprint density at radius 3 is 2.12 bits per heavy atom. The quantitative estimate of drug-likeness (QED) is 0.339. The van der Waals surface area contributed by atoms with Gasteiger partial charge in [-0.15, -0.1) is 0 Å². The molecule has 0 aliphatic carbocycles. The topological polar surface area (TPSA) is 162 Å². The summed E-state index contributed by atoms with van der Waals surface area (Å²) in [6.07, 6.45) is -1.09. The second-order valence-corrected chi connectivity index (χ2v) is 5.77. The van der Waals surface area contributed by atoms with Gasteiger partial charge in [0, 0.05) is 0 Å². The Bertz CT molecular complexity index is 617. The van der Waals surface area contributed by atoms with Crippen LogP contribution in [0.15, 0.2) is 24.3 Å². The molecule has 0 saturated heterocycles. The molecule has 9 heteroatoms. The van der Waals surface area contributed by atoms with E-state index in [2.05, 4.69) is 10.6 Å². The molecule has 0 bridgehead atoms. The number of phenolic OH excluding ortho intramolecular Hbond substituents is 1. The number of amides is 2. The van der Waals surface area contributed by atoms with Crippen LogP contribution in [0.5, 0.6) is 5.75 Å². The summed E-state index contributed by atoms with van der Waals surface area (Å²) >= 11 is 0. The van der Waals surface area contributed by atoms with Gasteiger partial charge in [0.25, 0.3) is 0 Å². The Balaban J connectivity index is 2.58. The molecule has 4 atom stereocenters. The van der Waals surface area contributed by atoms with Crippen LogP contribution in [0.2, 0.25) is 0 Å². The molecule has 0 heterocycles. The Hall–Kier alpha value is -2.65. The number of carbonyl (C=O) groups excluding carboxylic acids is 2. The molecular weight excluding hydrogens is 330 g/mol. The van der Waals surface area contributed by atoms with Crippen LogP contribution in [-0.2, 0) is 20.8 Å². The lowest BCUT2D eigenvalue weighted by Crippen LogP contribution is -2.55. The summed E-state index contributed by atoms with van der Waals surface area (Å²) < 4.78 is 0. The van der Waals surface area contributed by atoms with Gasteiger partial charge < -0.3 is 31.7 Å². The standard InChI is InChI=1S/C16H23N3O6/c1-8(14(22)19-13(9(2)20)16(24)25)18-15(23)12(17)7-10-3-5-11(21)6-4-10/h3-6,8-9,12-13,20-21H,7,17H2,1-2H3,(H,18,23)(H,19,22)(H,24,25). The van der Waals surface area contributed by atoms with Gasteiger partial charge in [-0.3, -0.25) is 9.59 Å². The Kier molecular flexibility index (Phi) is 7.34. The highest BCUT2D eigenvalue weighted by atomic mass is 16.4. The van der Waals surface area contributed by atoms with E-state index < -0.39 is 42.0 Å².